The normalized spacial score (nSPS) is 24.6. The number of anilines is 1. The molecule has 0 unspecified atom stereocenters. The van der Waals surface area contributed by atoms with Crippen LogP contribution in [0.5, 0.6) is 0 Å². The Morgan fingerprint density at radius 3 is 2.65 bits per heavy atom. The van der Waals surface area contributed by atoms with Gasteiger partial charge in [0.15, 0.2) is 0 Å². The van der Waals surface area contributed by atoms with Crippen molar-refractivity contribution in [1.82, 2.24) is 10.3 Å². The maximum Gasteiger partial charge on any atom is 0.0592 e. The number of hydrogen-bond donors (Lipinski definition) is 1. The van der Waals surface area contributed by atoms with Crippen LogP contribution in [0.4, 0.5) is 5.69 Å². The van der Waals surface area contributed by atoms with Crippen molar-refractivity contribution in [1.29, 1.82) is 0 Å². The number of halogens is 1. The number of nitrogens with zero attached hydrogens (tertiary/aromatic N) is 2. The highest BCUT2D eigenvalue weighted by Gasteiger charge is 2.23. The van der Waals surface area contributed by atoms with Crippen molar-refractivity contribution in [2.45, 2.75) is 37.8 Å². The molecule has 17 heavy (non-hydrogen) atoms. The summed E-state index contributed by atoms with van der Waals surface area (Å²) in [6.07, 6.45) is 8.79. The Kier molecular flexibility index (Phi) is 4.40. The van der Waals surface area contributed by atoms with Crippen LogP contribution in [0.2, 0.25) is 0 Å². The lowest BCUT2D eigenvalue weighted by molar-refractivity contribution is 0.351. The minimum absolute atomic E-state index is 0.651. The van der Waals surface area contributed by atoms with Gasteiger partial charge in [-0.3, -0.25) is 4.98 Å². The minimum atomic E-state index is 0.651. The average molecular weight is 298 g/mol. The molecular formula is C13H20BrN3. The summed E-state index contributed by atoms with van der Waals surface area (Å²) in [5, 5.41) is 3.38. The molecule has 1 fully saturated rings. The van der Waals surface area contributed by atoms with Gasteiger partial charge in [0, 0.05) is 31.5 Å². The summed E-state index contributed by atoms with van der Waals surface area (Å²) in [6.45, 7) is 0. The van der Waals surface area contributed by atoms with Gasteiger partial charge in [0.1, 0.15) is 0 Å². The van der Waals surface area contributed by atoms with Crippen molar-refractivity contribution in [2.24, 2.45) is 0 Å². The van der Waals surface area contributed by atoms with Gasteiger partial charge in [0.05, 0.1) is 10.2 Å². The van der Waals surface area contributed by atoms with E-state index < -0.39 is 0 Å². The summed E-state index contributed by atoms with van der Waals surface area (Å²) in [5.41, 5.74) is 1.24. The number of pyridine rings is 1. The van der Waals surface area contributed by atoms with E-state index in [2.05, 4.69) is 51.3 Å². The Balaban J connectivity index is 2.02. The Morgan fingerprint density at radius 2 is 2.06 bits per heavy atom. The van der Waals surface area contributed by atoms with Crippen LogP contribution >= 0.6 is 15.9 Å². The van der Waals surface area contributed by atoms with E-state index in [1.165, 1.54) is 31.4 Å². The minimum Gasteiger partial charge on any atom is -0.371 e. The zero-order valence-corrected chi connectivity index (χ0v) is 12.1. The van der Waals surface area contributed by atoms with Crippen LogP contribution in [-0.4, -0.2) is 31.2 Å². The largest absolute Gasteiger partial charge is 0.371 e. The van der Waals surface area contributed by atoms with Gasteiger partial charge in [-0.2, -0.15) is 0 Å². The van der Waals surface area contributed by atoms with E-state index in [4.69, 9.17) is 0 Å². The van der Waals surface area contributed by atoms with Gasteiger partial charge in [-0.1, -0.05) is 0 Å². The Morgan fingerprint density at radius 1 is 1.35 bits per heavy atom. The maximum atomic E-state index is 4.11. The molecule has 1 aromatic rings. The van der Waals surface area contributed by atoms with E-state index in [0.29, 0.717) is 12.1 Å². The van der Waals surface area contributed by atoms with Crippen LogP contribution in [0.3, 0.4) is 0 Å². The molecule has 0 aromatic carbocycles. The predicted octanol–water partition coefficient (Wildman–Crippen LogP) is 2.81. The Labute approximate surface area is 112 Å². The molecule has 1 N–H and O–H groups in total. The first-order valence-corrected chi connectivity index (χ1v) is 7.01. The number of rotatable bonds is 3. The topological polar surface area (TPSA) is 28.2 Å². The van der Waals surface area contributed by atoms with Crippen LogP contribution in [0.15, 0.2) is 22.9 Å². The highest BCUT2D eigenvalue weighted by atomic mass is 79.9. The quantitative estimate of drug-likeness (QED) is 0.930. The zero-order valence-electron chi connectivity index (χ0n) is 10.5. The van der Waals surface area contributed by atoms with Gasteiger partial charge in [-0.15, -0.1) is 0 Å². The second-order valence-electron chi connectivity index (χ2n) is 4.73. The molecule has 4 heteroatoms. The molecule has 0 bridgehead atoms. The molecule has 0 radical (unpaired) electrons. The van der Waals surface area contributed by atoms with Gasteiger partial charge in [0.25, 0.3) is 0 Å². The second kappa shape index (κ2) is 5.83. The van der Waals surface area contributed by atoms with Crippen LogP contribution in [0.25, 0.3) is 0 Å². The van der Waals surface area contributed by atoms with Crippen LogP contribution < -0.4 is 10.2 Å². The highest BCUT2D eigenvalue weighted by molar-refractivity contribution is 9.10. The summed E-state index contributed by atoms with van der Waals surface area (Å²) in [5.74, 6) is 0. The van der Waals surface area contributed by atoms with Gasteiger partial charge in [-0.05, 0) is 54.7 Å². The second-order valence-corrected chi connectivity index (χ2v) is 5.59. The lowest BCUT2D eigenvalue weighted by atomic mass is 9.90. The SMILES string of the molecule is CNC1CCC(N(C)c2ccncc2Br)CC1. The number of nitrogens with one attached hydrogen (secondary N) is 1. The maximum absolute atomic E-state index is 4.11. The van der Waals surface area contributed by atoms with Crippen molar-refractivity contribution >= 4 is 21.6 Å². The zero-order chi connectivity index (χ0) is 12.3. The molecule has 1 saturated carbocycles. The molecule has 1 aromatic heterocycles. The Bertz CT molecular complexity index is 361. The molecule has 1 aliphatic rings. The third-order valence-electron chi connectivity index (χ3n) is 3.78. The first-order chi connectivity index (χ1) is 8.22. The molecule has 0 aliphatic heterocycles. The molecule has 1 aliphatic carbocycles. The molecule has 0 atom stereocenters. The van der Waals surface area contributed by atoms with E-state index in [9.17, 15) is 0 Å². The number of hydrogen-bond acceptors (Lipinski definition) is 3. The lowest BCUT2D eigenvalue weighted by Crippen LogP contribution is -2.40. The van der Waals surface area contributed by atoms with Crippen LogP contribution in [0, 0.1) is 0 Å². The van der Waals surface area contributed by atoms with Crippen molar-refractivity contribution in [2.75, 3.05) is 19.0 Å². The van der Waals surface area contributed by atoms with E-state index in [0.717, 1.165) is 4.47 Å². The summed E-state index contributed by atoms with van der Waals surface area (Å²) in [6, 6.07) is 3.44. The van der Waals surface area contributed by atoms with Gasteiger partial charge in [-0.25, -0.2) is 0 Å². The fraction of sp³-hybridized carbons (Fsp3) is 0.615. The van der Waals surface area contributed by atoms with Crippen molar-refractivity contribution < 1.29 is 0 Å². The molecular weight excluding hydrogens is 278 g/mol. The molecule has 3 nitrogen and oxygen atoms in total. The van der Waals surface area contributed by atoms with E-state index in [1.807, 2.05) is 12.4 Å². The average Bonchev–Trinajstić information content (AvgIpc) is 2.39. The predicted molar refractivity (Wildman–Crippen MR) is 75.4 cm³/mol. The standard InChI is InChI=1S/C13H20BrN3/c1-15-10-3-5-11(6-4-10)17(2)13-7-8-16-9-12(13)14/h7-11,15H,3-6H2,1-2H3. The third-order valence-corrected chi connectivity index (χ3v) is 4.39. The van der Waals surface area contributed by atoms with Gasteiger partial charge >= 0.3 is 0 Å². The third kappa shape index (κ3) is 2.99. The smallest absolute Gasteiger partial charge is 0.0592 e. The fourth-order valence-electron chi connectivity index (χ4n) is 2.60. The van der Waals surface area contributed by atoms with Crippen molar-refractivity contribution in [3.05, 3.63) is 22.9 Å². The monoisotopic (exact) mass is 297 g/mol. The molecule has 2 rings (SSSR count). The molecule has 0 amide bonds. The van der Waals surface area contributed by atoms with Gasteiger partial charge < -0.3 is 10.2 Å². The van der Waals surface area contributed by atoms with Crippen LogP contribution in [-0.2, 0) is 0 Å². The molecule has 0 saturated heterocycles. The fourth-order valence-corrected chi connectivity index (χ4v) is 3.13. The van der Waals surface area contributed by atoms with Crippen molar-refractivity contribution in [3.8, 4) is 0 Å². The van der Waals surface area contributed by atoms with E-state index in [1.54, 1.807) is 0 Å². The summed E-state index contributed by atoms with van der Waals surface area (Å²) in [7, 11) is 4.25. The molecule has 0 spiro atoms. The first kappa shape index (κ1) is 12.8. The molecule has 1 heterocycles. The lowest BCUT2D eigenvalue weighted by Gasteiger charge is -2.36. The highest BCUT2D eigenvalue weighted by Crippen LogP contribution is 2.30. The summed E-state index contributed by atoms with van der Waals surface area (Å²) >= 11 is 3.57. The van der Waals surface area contributed by atoms with Crippen molar-refractivity contribution in [3.63, 3.8) is 0 Å². The van der Waals surface area contributed by atoms with Gasteiger partial charge in [0.2, 0.25) is 0 Å². The van der Waals surface area contributed by atoms with Crippen LogP contribution in [0.1, 0.15) is 25.7 Å². The number of aromatic nitrogens is 1. The Hall–Kier alpha value is -0.610. The van der Waals surface area contributed by atoms with E-state index >= 15 is 0 Å². The summed E-state index contributed by atoms with van der Waals surface area (Å²) in [4.78, 5) is 6.50. The summed E-state index contributed by atoms with van der Waals surface area (Å²) < 4.78 is 1.08. The molecule has 94 valence electrons. The van der Waals surface area contributed by atoms with E-state index in [-0.39, 0.29) is 0 Å². The first-order valence-electron chi connectivity index (χ1n) is 6.22.